The van der Waals surface area contributed by atoms with Gasteiger partial charge in [-0.25, -0.2) is 13.3 Å². The number of hydrogen-bond acceptors (Lipinski definition) is 4. The highest BCUT2D eigenvalue weighted by Crippen LogP contribution is 2.35. The first-order valence-corrected chi connectivity index (χ1v) is 13.2. The zero-order valence-electron chi connectivity index (χ0n) is 19.5. The van der Waals surface area contributed by atoms with Gasteiger partial charge < -0.3 is 0 Å². The number of amides is 2. The van der Waals surface area contributed by atoms with E-state index in [2.05, 4.69) is 13.8 Å². The average molecular weight is 469 g/mol. The van der Waals surface area contributed by atoms with Crippen molar-refractivity contribution in [2.24, 2.45) is 0 Å². The third-order valence-electron chi connectivity index (χ3n) is 6.78. The molecule has 2 fully saturated rings. The highest BCUT2D eigenvalue weighted by atomic mass is 32.2. The van der Waals surface area contributed by atoms with Crippen LogP contribution < -0.4 is 4.90 Å². The lowest BCUT2D eigenvalue weighted by Crippen LogP contribution is -2.51. The maximum absolute atomic E-state index is 13.8. The molecule has 7 heteroatoms. The Kier molecular flexibility index (Phi) is 6.73. The van der Waals surface area contributed by atoms with Gasteiger partial charge in [-0.1, -0.05) is 62.9 Å². The second kappa shape index (κ2) is 9.39. The van der Waals surface area contributed by atoms with Gasteiger partial charge in [-0.2, -0.15) is 4.31 Å². The third-order valence-corrected chi connectivity index (χ3v) is 8.75. The molecule has 6 nitrogen and oxygen atoms in total. The van der Waals surface area contributed by atoms with E-state index in [4.69, 9.17) is 0 Å². The van der Waals surface area contributed by atoms with E-state index in [0.29, 0.717) is 24.4 Å². The number of anilines is 1. The van der Waals surface area contributed by atoms with Crippen molar-refractivity contribution in [2.45, 2.75) is 82.2 Å². The van der Waals surface area contributed by atoms with Crippen LogP contribution in [-0.4, -0.2) is 36.6 Å². The summed E-state index contributed by atoms with van der Waals surface area (Å²) >= 11 is 0. The molecule has 1 aliphatic carbocycles. The molecular formula is C26H32N2O4S. The molecule has 1 atom stereocenters. The molecule has 2 amide bonds. The maximum Gasteiger partial charge on any atom is 0.252 e. The Hall–Kier alpha value is -2.51. The van der Waals surface area contributed by atoms with Crippen LogP contribution >= 0.6 is 0 Å². The zero-order valence-corrected chi connectivity index (χ0v) is 20.3. The van der Waals surface area contributed by atoms with Crippen LogP contribution in [0.3, 0.4) is 0 Å². The van der Waals surface area contributed by atoms with Crippen LogP contribution in [-0.2, 0) is 19.6 Å². The molecule has 33 heavy (non-hydrogen) atoms. The lowest BCUT2D eigenvalue weighted by molar-refractivity contribution is -0.122. The summed E-state index contributed by atoms with van der Waals surface area (Å²) in [6, 6.07) is 12.8. The number of carbonyl (C=O) groups excluding carboxylic acids is 2. The quantitative estimate of drug-likeness (QED) is 0.572. The number of aryl methyl sites for hydroxylation is 1. The zero-order chi connectivity index (χ0) is 23.8. The normalized spacial score (nSPS) is 20.3. The van der Waals surface area contributed by atoms with Gasteiger partial charge in [0.2, 0.25) is 15.9 Å². The van der Waals surface area contributed by atoms with Crippen LogP contribution in [0.15, 0.2) is 53.4 Å². The van der Waals surface area contributed by atoms with Crippen molar-refractivity contribution in [1.82, 2.24) is 4.31 Å². The minimum Gasteiger partial charge on any atom is -0.274 e. The molecule has 1 saturated carbocycles. The van der Waals surface area contributed by atoms with Gasteiger partial charge in [0.05, 0.1) is 17.0 Å². The molecule has 1 aliphatic heterocycles. The number of nitrogens with zero attached hydrogens (tertiary/aromatic N) is 2. The Bertz CT molecular complexity index is 1120. The predicted octanol–water partition coefficient (Wildman–Crippen LogP) is 4.77. The molecule has 176 valence electrons. The summed E-state index contributed by atoms with van der Waals surface area (Å²) in [4.78, 5) is 27.9. The Balaban J connectivity index is 1.70. The van der Waals surface area contributed by atoms with Gasteiger partial charge in [-0.15, -0.1) is 0 Å². The minimum atomic E-state index is -3.95. The summed E-state index contributed by atoms with van der Waals surface area (Å²) in [7, 11) is -3.95. The van der Waals surface area contributed by atoms with E-state index in [-0.39, 0.29) is 23.3 Å². The summed E-state index contributed by atoms with van der Waals surface area (Å²) < 4.78 is 28.9. The molecule has 0 radical (unpaired) electrons. The first kappa shape index (κ1) is 23.6. The van der Waals surface area contributed by atoms with E-state index in [9.17, 15) is 18.0 Å². The van der Waals surface area contributed by atoms with Gasteiger partial charge in [0.25, 0.3) is 5.91 Å². The summed E-state index contributed by atoms with van der Waals surface area (Å²) in [5.41, 5.74) is 2.56. The number of imide groups is 1. The topological polar surface area (TPSA) is 74.8 Å². The van der Waals surface area contributed by atoms with E-state index >= 15 is 0 Å². The molecule has 0 N–H and O–H groups in total. The highest BCUT2D eigenvalue weighted by molar-refractivity contribution is 7.89. The molecule has 0 spiro atoms. The van der Waals surface area contributed by atoms with Crippen molar-refractivity contribution in [3.8, 4) is 0 Å². The van der Waals surface area contributed by atoms with Gasteiger partial charge in [0, 0.05) is 6.04 Å². The molecule has 2 aromatic rings. The predicted molar refractivity (Wildman–Crippen MR) is 129 cm³/mol. The van der Waals surface area contributed by atoms with Crippen molar-refractivity contribution in [3.05, 3.63) is 59.7 Å². The molecule has 2 aromatic carbocycles. The van der Waals surface area contributed by atoms with Crippen LogP contribution in [0, 0.1) is 6.92 Å². The van der Waals surface area contributed by atoms with Crippen LogP contribution in [0.4, 0.5) is 5.69 Å². The molecule has 2 aliphatic rings. The summed E-state index contributed by atoms with van der Waals surface area (Å²) in [6.45, 7) is 6.06. The van der Waals surface area contributed by atoms with Gasteiger partial charge in [0.15, 0.2) is 0 Å². The molecule has 4 rings (SSSR count). The van der Waals surface area contributed by atoms with Gasteiger partial charge >= 0.3 is 0 Å². The Morgan fingerprint density at radius 2 is 1.52 bits per heavy atom. The number of benzene rings is 2. The summed E-state index contributed by atoms with van der Waals surface area (Å²) in [6.07, 6.45) is 4.16. The van der Waals surface area contributed by atoms with Crippen molar-refractivity contribution in [2.75, 3.05) is 4.90 Å². The number of sulfonamides is 1. The van der Waals surface area contributed by atoms with Crippen molar-refractivity contribution in [1.29, 1.82) is 0 Å². The van der Waals surface area contributed by atoms with Gasteiger partial charge in [-0.05, 0) is 55.5 Å². The molecule has 0 aromatic heterocycles. The van der Waals surface area contributed by atoms with Crippen LogP contribution in [0.5, 0.6) is 0 Å². The highest BCUT2D eigenvalue weighted by Gasteiger charge is 2.49. The minimum absolute atomic E-state index is 0.133. The van der Waals surface area contributed by atoms with Gasteiger partial charge in [-0.3, -0.25) is 9.59 Å². The fourth-order valence-electron chi connectivity index (χ4n) is 4.88. The molecule has 1 saturated heterocycles. The van der Waals surface area contributed by atoms with E-state index in [1.165, 1.54) is 4.31 Å². The van der Waals surface area contributed by atoms with Gasteiger partial charge in [0.1, 0.15) is 6.04 Å². The average Bonchev–Trinajstić information content (AvgIpc) is 3.08. The van der Waals surface area contributed by atoms with E-state index in [0.717, 1.165) is 35.3 Å². The van der Waals surface area contributed by atoms with E-state index in [1.54, 1.807) is 36.4 Å². The number of hydrogen-bond donors (Lipinski definition) is 0. The smallest absolute Gasteiger partial charge is 0.252 e. The van der Waals surface area contributed by atoms with E-state index < -0.39 is 22.0 Å². The van der Waals surface area contributed by atoms with E-state index in [1.807, 2.05) is 19.1 Å². The van der Waals surface area contributed by atoms with Crippen LogP contribution in [0.25, 0.3) is 0 Å². The SMILES string of the molecule is Cc1ccc(S(=O)(=O)N(C2CCCCC2)C2CC(=O)N(c3ccc(C(C)C)cc3)C2=O)cc1. The second-order valence-electron chi connectivity index (χ2n) is 9.47. The third kappa shape index (κ3) is 4.62. The van der Waals surface area contributed by atoms with Crippen LogP contribution in [0.1, 0.15) is 69.4 Å². The first-order chi connectivity index (χ1) is 15.7. The number of carbonyl (C=O) groups is 2. The van der Waals surface area contributed by atoms with Crippen molar-refractivity contribution < 1.29 is 18.0 Å². The fourth-order valence-corrected chi connectivity index (χ4v) is 6.71. The summed E-state index contributed by atoms with van der Waals surface area (Å²) in [5, 5.41) is 0. The lowest BCUT2D eigenvalue weighted by atomic mass is 9.94. The first-order valence-electron chi connectivity index (χ1n) is 11.8. The number of rotatable bonds is 6. The molecule has 1 heterocycles. The fraction of sp³-hybridized carbons (Fsp3) is 0.462. The molecule has 1 unspecified atom stereocenters. The van der Waals surface area contributed by atoms with Crippen molar-refractivity contribution in [3.63, 3.8) is 0 Å². The Morgan fingerprint density at radius 1 is 0.909 bits per heavy atom. The Labute approximate surface area is 196 Å². The molecular weight excluding hydrogens is 436 g/mol. The molecule has 0 bridgehead atoms. The maximum atomic E-state index is 13.8. The monoisotopic (exact) mass is 468 g/mol. The second-order valence-corrected chi connectivity index (χ2v) is 11.3. The Morgan fingerprint density at radius 3 is 2.09 bits per heavy atom. The van der Waals surface area contributed by atoms with Crippen LogP contribution in [0.2, 0.25) is 0 Å². The largest absolute Gasteiger partial charge is 0.274 e. The lowest BCUT2D eigenvalue weighted by Gasteiger charge is -2.36. The van der Waals surface area contributed by atoms with Crippen molar-refractivity contribution >= 4 is 27.5 Å². The standard InChI is InChI=1S/C26H32N2O4S/c1-18(2)20-11-13-21(14-12-20)27-25(29)17-24(26(27)30)28(22-7-5-4-6-8-22)33(31,32)23-15-9-19(3)10-16-23/h9-16,18,22,24H,4-8,17H2,1-3H3. The summed E-state index contributed by atoms with van der Waals surface area (Å²) in [5.74, 6) is -0.487.